The number of ether oxygens (including phenoxy) is 1. The highest BCUT2D eigenvalue weighted by molar-refractivity contribution is 5.95. The molecule has 3 aromatic rings. The average molecular weight is 349 g/mol. The van der Waals surface area contributed by atoms with Gasteiger partial charge in [-0.2, -0.15) is 0 Å². The Morgan fingerprint density at radius 2 is 2.08 bits per heavy atom. The lowest BCUT2D eigenvalue weighted by Crippen LogP contribution is -2.34. The molecule has 1 N–H and O–H groups in total. The third-order valence-corrected chi connectivity index (χ3v) is 4.48. The molecule has 1 unspecified atom stereocenters. The zero-order valence-corrected chi connectivity index (χ0v) is 14.7. The number of furan rings is 1. The molecule has 1 aliphatic rings. The predicted molar refractivity (Wildman–Crippen MR) is 96.1 cm³/mol. The van der Waals surface area contributed by atoms with Crippen LogP contribution in [-0.4, -0.2) is 28.5 Å². The van der Waals surface area contributed by atoms with E-state index in [-0.39, 0.29) is 12.0 Å². The van der Waals surface area contributed by atoms with Gasteiger partial charge in [-0.1, -0.05) is 18.2 Å². The number of aromatic nitrogens is 2. The van der Waals surface area contributed by atoms with E-state index in [1.54, 1.807) is 25.4 Å². The van der Waals surface area contributed by atoms with Crippen molar-refractivity contribution in [2.24, 2.45) is 0 Å². The van der Waals surface area contributed by atoms with Crippen LogP contribution < -0.4 is 10.1 Å². The Labute approximate surface area is 151 Å². The van der Waals surface area contributed by atoms with Crippen molar-refractivity contribution in [3.05, 3.63) is 65.6 Å². The minimum Gasteiger partial charge on any atom is -0.487 e. The monoisotopic (exact) mass is 349 g/mol. The van der Waals surface area contributed by atoms with E-state index >= 15 is 0 Å². The molecule has 26 heavy (non-hydrogen) atoms. The normalized spacial score (nSPS) is 15.4. The summed E-state index contributed by atoms with van der Waals surface area (Å²) in [6, 6.07) is 7.80. The van der Waals surface area contributed by atoms with Gasteiger partial charge in [0, 0.05) is 29.9 Å². The summed E-state index contributed by atoms with van der Waals surface area (Å²) in [5.41, 5.74) is 3.58. The molecule has 2 aromatic heterocycles. The molecule has 0 saturated heterocycles. The molecule has 0 bridgehead atoms. The van der Waals surface area contributed by atoms with E-state index in [1.807, 2.05) is 25.1 Å². The number of nitrogens with one attached hydrogen (secondary N) is 1. The second kappa shape index (κ2) is 6.63. The Kier molecular flexibility index (Phi) is 4.16. The number of para-hydroxylation sites is 1. The van der Waals surface area contributed by atoms with Crippen LogP contribution in [-0.2, 0) is 6.42 Å². The summed E-state index contributed by atoms with van der Waals surface area (Å²) in [5, 5.41) is 2.94. The van der Waals surface area contributed by atoms with Crippen LogP contribution in [0.2, 0.25) is 0 Å². The van der Waals surface area contributed by atoms with E-state index in [1.165, 1.54) is 6.33 Å². The largest absolute Gasteiger partial charge is 0.487 e. The lowest BCUT2D eigenvalue weighted by Gasteiger charge is -2.13. The molecular weight excluding hydrogens is 330 g/mol. The topological polar surface area (TPSA) is 77.2 Å². The molecule has 6 nitrogen and oxygen atoms in total. The van der Waals surface area contributed by atoms with E-state index in [0.29, 0.717) is 17.9 Å². The fourth-order valence-corrected chi connectivity index (χ4v) is 3.28. The molecular formula is C20H19N3O3. The van der Waals surface area contributed by atoms with Crippen LogP contribution in [0.4, 0.5) is 0 Å². The van der Waals surface area contributed by atoms with Crippen LogP contribution in [0.5, 0.6) is 5.75 Å². The lowest BCUT2D eigenvalue weighted by atomic mass is 10.0. The summed E-state index contributed by atoms with van der Waals surface area (Å²) in [6.07, 6.45) is 5.69. The van der Waals surface area contributed by atoms with Crippen molar-refractivity contribution in [3.8, 4) is 16.9 Å². The van der Waals surface area contributed by atoms with E-state index in [9.17, 15) is 4.79 Å². The number of hydrogen-bond donors (Lipinski definition) is 1. The predicted octanol–water partition coefficient (Wildman–Crippen LogP) is 3.09. The van der Waals surface area contributed by atoms with Gasteiger partial charge in [-0.05, 0) is 25.5 Å². The van der Waals surface area contributed by atoms with E-state index in [2.05, 4.69) is 15.3 Å². The zero-order valence-electron chi connectivity index (χ0n) is 14.7. The molecule has 132 valence electrons. The van der Waals surface area contributed by atoms with Gasteiger partial charge in [0.05, 0.1) is 12.1 Å². The molecule has 4 rings (SSSR count). The van der Waals surface area contributed by atoms with Crippen molar-refractivity contribution in [1.82, 2.24) is 15.3 Å². The molecule has 6 heteroatoms. The summed E-state index contributed by atoms with van der Waals surface area (Å²) in [4.78, 5) is 20.5. The van der Waals surface area contributed by atoms with Crippen molar-refractivity contribution < 1.29 is 13.9 Å². The Balaban J connectivity index is 1.46. The fraction of sp³-hybridized carbons (Fsp3) is 0.250. The Morgan fingerprint density at radius 3 is 2.81 bits per heavy atom. The second-order valence-electron chi connectivity index (χ2n) is 6.40. The minimum atomic E-state index is -0.143. The number of amides is 1. The van der Waals surface area contributed by atoms with E-state index in [0.717, 1.165) is 34.6 Å². The maximum absolute atomic E-state index is 12.4. The Morgan fingerprint density at radius 1 is 1.27 bits per heavy atom. The number of fused-ring (bicyclic) bond motifs is 1. The fourth-order valence-electron chi connectivity index (χ4n) is 3.28. The van der Waals surface area contributed by atoms with Crippen LogP contribution in [0.3, 0.4) is 0 Å². The molecule has 0 radical (unpaired) electrons. The Hall–Kier alpha value is -3.15. The van der Waals surface area contributed by atoms with Gasteiger partial charge in [0.1, 0.15) is 29.7 Å². The molecule has 1 aromatic carbocycles. The summed E-state index contributed by atoms with van der Waals surface area (Å²) < 4.78 is 11.5. The number of benzene rings is 1. The number of carbonyl (C=O) groups excluding carboxylic acids is 1. The van der Waals surface area contributed by atoms with Gasteiger partial charge in [0.15, 0.2) is 0 Å². The molecule has 0 fully saturated rings. The first-order valence-electron chi connectivity index (χ1n) is 8.51. The number of hydrogen-bond acceptors (Lipinski definition) is 5. The summed E-state index contributed by atoms with van der Waals surface area (Å²) in [7, 11) is 0. The molecule has 1 amide bonds. The van der Waals surface area contributed by atoms with Gasteiger partial charge in [-0.15, -0.1) is 0 Å². The molecule has 3 heterocycles. The van der Waals surface area contributed by atoms with E-state index in [4.69, 9.17) is 9.15 Å². The quantitative estimate of drug-likeness (QED) is 0.783. The molecule has 0 aliphatic carbocycles. The van der Waals surface area contributed by atoms with Crippen molar-refractivity contribution >= 4 is 5.91 Å². The summed E-state index contributed by atoms with van der Waals surface area (Å²) in [6.45, 7) is 4.05. The van der Waals surface area contributed by atoms with Gasteiger partial charge in [0.25, 0.3) is 5.91 Å². The van der Waals surface area contributed by atoms with Gasteiger partial charge in [-0.3, -0.25) is 4.79 Å². The average Bonchev–Trinajstić information content (AvgIpc) is 3.22. The number of rotatable bonds is 4. The first-order valence-corrected chi connectivity index (χ1v) is 8.51. The molecule has 0 spiro atoms. The van der Waals surface area contributed by atoms with Crippen LogP contribution in [0, 0.1) is 13.8 Å². The van der Waals surface area contributed by atoms with Gasteiger partial charge >= 0.3 is 0 Å². The maximum Gasteiger partial charge on any atom is 0.254 e. The first kappa shape index (κ1) is 16.3. The second-order valence-corrected chi connectivity index (χ2v) is 6.40. The van der Waals surface area contributed by atoms with Crippen molar-refractivity contribution in [2.75, 3.05) is 6.54 Å². The molecule has 0 saturated carbocycles. The van der Waals surface area contributed by atoms with Gasteiger partial charge in [-0.25, -0.2) is 9.97 Å². The van der Waals surface area contributed by atoms with Crippen molar-refractivity contribution in [2.45, 2.75) is 26.4 Å². The summed E-state index contributed by atoms with van der Waals surface area (Å²) in [5.74, 6) is 2.06. The highest BCUT2D eigenvalue weighted by Gasteiger charge is 2.26. The smallest absolute Gasteiger partial charge is 0.254 e. The highest BCUT2D eigenvalue weighted by atomic mass is 16.5. The minimum absolute atomic E-state index is 0.104. The maximum atomic E-state index is 12.4. The SMILES string of the molecule is Cc1cc(C(=O)NCC2Cc3cccc(-c4cncnc4)c3O2)c(C)o1. The number of carbonyl (C=O) groups is 1. The lowest BCUT2D eigenvalue weighted by molar-refractivity contribution is 0.0932. The third kappa shape index (κ3) is 3.06. The van der Waals surface area contributed by atoms with Crippen LogP contribution >= 0.6 is 0 Å². The van der Waals surface area contributed by atoms with Crippen LogP contribution in [0.15, 0.2) is 47.4 Å². The first-order chi connectivity index (χ1) is 12.6. The molecule has 1 aliphatic heterocycles. The van der Waals surface area contributed by atoms with Crippen molar-refractivity contribution in [1.29, 1.82) is 0 Å². The van der Waals surface area contributed by atoms with Gasteiger partial charge in [0.2, 0.25) is 0 Å². The number of nitrogens with zero attached hydrogens (tertiary/aromatic N) is 2. The Bertz CT molecular complexity index is 950. The standard InChI is InChI=1S/C20H19N3O3/c1-12-6-18(13(2)25-12)20(24)23-10-16-7-14-4-3-5-17(19(14)26-16)15-8-21-11-22-9-15/h3-6,8-9,11,16H,7,10H2,1-2H3,(H,23,24). The zero-order chi connectivity index (χ0) is 18.1. The van der Waals surface area contributed by atoms with E-state index < -0.39 is 0 Å². The molecule has 1 atom stereocenters. The van der Waals surface area contributed by atoms with Gasteiger partial charge < -0.3 is 14.5 Å². The van der Waals surface area contributed by atoms with Crippen LogP contribution in [0.1, 0.15) is 27.4 Å². The summed E-state index contributed by atoms with van der Waals surface area (Å²) >= 11 is 0. The highest BCUT2D eigenvalue weighted by Crippen LogP contribution is 2.38. The number of aryl methyl sites for hydroxylation is 2. The van der Waals surface area contributed by atoms with Crippen molar-refractivity contribution in [3.63, 3.8) is 0 Å². The van der Waals surface area contributed by atoms with Crippen LogP contribution in [0.25, 0.3) is 11.1 Å². The third-order valence-electron chi connectivity index (χ3n) is 4.48.